The molecular formula is C64H44N2. The van der Waals surface area contributed by atoms with Crippen molar-refractivity contribution >= 4 is 49.6 Å². The molecule has 66 heavy (non-hydrogen) atoms. The fourth-order valence-corrected chi connectivity index (χ4v) is 9.75. The van der Waals surface area contributed by atoms with Crippen molar-refractivity contribution in [3.63, 3.8) is 0 Å². The van der Waals surface area contributed by atoms with E-state index >= 15 is 0 Å². The first kappa shape index (κ1) is 38.9. The number of fused-ring (bicyclic) bond motifs is 5. The van der Waals surface area contributed by atoms with E-state index in [1.807, 2.05) is 0 Å². The van der Waals surface area contributed by atoms with Crippen molar-refractivity contribution in [1.29, 1.82) is 0 Å². The first-order chi connectivity index (χ1) is 32.7. The van der Waals surface area contributed by atoms with Crippen LogP contribution in [0.2, 0.25) is 0 Å². The van der Waals surface area contributed by atoms with E-state index in [4.69, 9.17) is 0 Å². The van der Waals surface area contributed by atoms with Crippen molar-refractivity contribution in [2.24, 2.45) is 0 Å². The highest BCUT2D eigenvalue weighted by Crippen LogP contribution is 2.44. The Labute approximate surface area is 385 Å². The number of anilines is 3. The van der Waals surface area contributed by atoms with E-state index in [2.05, 4.69) is 276 Å². The molecule has 2 nitrogen and oxygen atoms in total. The molecule has 0 bridgehead atoms. The average Bonchev–Trinajstić information content (AvgIpc) is 3.75. The van der Waals surface area contributed by atoms with E-state index in [0.717, 1.165) is 28.3 Å². The fraction of sp³-hybridized carbons (Fsp3) is 0. The highest BCUT2D eigenvalue weighted by Gasteiger charge is 2.20. The predicted octanol–water partition coefficient (Wildman–Crippen LogP) is 17.7. The van der Waals surface area contributed by atoms with Gasteiger partial charge in [0.05, 0.1) is 11.0 Å². The lowest BCUT2D eigenvalue weighted by molar-refractivity contribution is 1.19. The maximum absolute atomic E-state index is 2.44. The molecule has 0 N–H and O–H groups in total. The lowest BCUT2D eigenvalue weighted by Crippen LogP contribution is -2.10. The van der Waals surface area contributed by atoms with Gasteiger partial charge in [0.15, 0.2) is 0 Å². The van der Waals surface area contributed by atoms with Crippen molar-refractivity contribution in [3.8, 4) is 61.3 Å². The molecule has 11 aromatic carbocycles. The lowest BCUT2D eigenvalue weighted by atomic mass is 9.97. The molecule has 310 valence electrons. The Morgan fingerprint density at radius 2 is 0.712 bits per heavy atom. The topological polar surface area (TPSA) is 8.17 Å². The number of benzene rings is 11. The molecule has 0 atom stereocenters. The summed E-state index contributed by atoms with van der Waals surface area (Å²) in [4.78, 5) is 2.38. The van der Waals surface area contributed by atoms with Gasteiger partial charge < -0.3 is 9.47 Å². The molecule has 0 aliphatic rings. The van der Waals surface area contributed by atoms with Gasteiger partial charge in [-0.05, 0) is 116 Å². The molecule has 0 amide bonds. The van der Waals surface area contributed by atoms with Gasteiger partial charge in [-0.3, -0.25) is 0 Å². The molecule has 1 heterocycles. The summed E-state index contributed by atoms with van der Waals surface area (Å²) in [5, 5.41) is 4.96. The third-order valence-corrected chi connectivity index (χ3v) is 13.0. The van der Waals surface area contributed by atoms with Crippen LogP contribution in [0.5, 0.6) is 0 Å². The van der Waals surface area contributed by atoms with Crippen LogP contribution in [-0.4, -0.2) is 4.57 Å². The molecule has 0 radical (unpaired) electrons. The molecule has 0 saturated carbocycles. The van der Waals surface area contributed by atoms with E-state index in [-0.39, 0.29) is 0 Å². The second kappa shape index (κ2) is 16.8. The van der Waals surface area contributed by atoms with E-state index in [0.29, 0.717) is 0 Å². The maximum Gasteiger partial charge on any atom is 0.0619 e. The van der Waals surface area contributed by atoms with Gasteiger partial charge in [-0.2, -0.15) is 0 Å². The number of aromatic nitrogens is 1. The van der Waals surface area contributed by atoms with Crippen molar-refractivity contribution < 1.29 is 0 Å². The van der Waals surface area contributed by atoms with Gasteiger partial charge in [-0.15, -0.1) is 0 Å². The second-order valence-corrected chi connectivity index (χ2v) is 16.9. The minimum absolute atomic E-state index is 1.08. The molecule has 12 rings (SSSR count). The number of para-hydroxylation sites is 1. The Balaban J connectivity index is 0.965. The summed E-state index contributed by atoms with van der Waals surface area (Å²) >= 11 is 0. The van der Waals surface area contributed by atoms with Gasteiger partial charge in [0.1, 0.15) is 0 Å². The van der Waals surface area contributed by atoms with Gasteiger partial charge in [-0.1, -0.05) is 212 Å². The van der Waals surface area contributed by atoms with Crippen LogP contribution in [0.25, 0.3) is 93.9 Å². The van der Waals surface area contributed by atoms with Gasteiger partial charge in [-0.25, -0.2) is 0 Å². The number of nitrogens with zero attached hydrogens (tertiary/aromatic N) is 2. The summed E-state index contributed by atoms with van der Waals surface area (Å²) in [5.41, 5.74) is 18.8. The highest BCUT2D eigenvalue weighted by atomic mass is 15.1. The monoisotopic (exact) mass is 840 g/mol. The van der Waals surface area contributed by atoms with Crippen LogP contribution in [0.15, 0.2) is 267 Å². The molecular weight excluding hydrogens is 797 g/mol. The molecule has 0 aliphatic heterocycles. The van der Waals surface area contributed by atoms with Gasteiger partial charge in [0, 0.05) is 38.9 Å². The van der Waals surface area contributed by atoms with E-state index < -0.39 is 0 Å². The van der Waals surface area contributed by atoms with Crippen LogP contribution >= 0.6 is 0 Å². The van der Waals surface area contributed by atoms with Gasteiger partial charge >= 0.3 is 0 Å². The van der Waals surface area contributed by atoms with Crippen molar-refractivity contribution in [2.45, 2.75) is 0 Å². The van der Waals surface area contributed by atoms with Crippen molar-refractivity contribution in [2.75, 3.05) is 4.90 Å². The van der Waals surface area contributed by atoms with Crippen LogP contribution < -0.4 is 4.90 Å². The van der Waals surface area contributed by atoms with Crippen LogP contribution in [0.4, 0.5) is 17.1 Å². The summed E-state index contributed by atoms with van der Waals surface area (Å²) < 4.78 is 2.44. The Bertz CT molecular complexity index is 3500. The molecule has 0 fully saturated rings. The average molecular weight is 841 g/mol. The summed E-state index contributed by atoms with van der Waals surface area (Å²) in [5.74, 6) is 0. The van der Waals surface area contributed by atoms with Crippen LogP contribution in [0.1, 0.15) is 0 Å². The molecule has 2 heteroatoms. The minimum Gasteiger partial charge on any atom is -0.310 e. The molecule has 0 saturated heterocycles. The molecule has 0 aliphatic carbocycles. The second-order valence-electron chi connectivity index (χ2n) is 16.9. The lowest BCUT2D eigenvalue weighted by Gasteiger charge is -2.26. The van der Waals surface area contributed by atoms with Crippen molar-refractivity contribution in [1.82, 2.24) is 4.57 Å². The number of hydrogen-bond donors (Lipinski definition) is 0. The minimum atomic E-state index is 1.08. The Kier molecular flexibility index (Phi) is 9.89. The summed E-state index contributed by atoms with van der Waals surface area (Å²) in [6, 6.07) is 96.8. The van der Waals surface area contributed by atoms with Crippen LogP contribution in [0, 0.1) is 0 Å². The number of rotatable bonds is 9. The summed E-state index contributed by atoms with van der Waals surface area (Å²) in [6.45, 7) is 0. The van der Waals surface area contributed by atoms with E-state index in [9.17, 15) is 0 Å². The van der Waals surface area contributed by atoms with E-state index in [1.54, 1.807) is 0 Å². The Morgan fingerprint density at radius 3 is 1.26 bits per heavy atom. The first-order valence-electron chi connectivity index (χ1n) is 22.7. The predicted molar refractivity (Wildman–Crippen MR) is 280 cm³/mol. The standard InChI is InChI=1S/C64H44N2/c1-4-14-45(15-5-1)47-26-30-49(31-27-47)51-34-39-56(40-35-51)65(57-41-36-52(37-42-57)50-32-28-48(29-33-50)46-16-6-2-7-17-46)58-22-12-19-54(44-58)59-24-13-25-62-63(59)61-43-38-53-18-10-11-23-60(53)64(61)66(62)55-20-8-3-9-21-55/h1-44H. The Hall–Kier alpha value is -8.72. The Morgan fingerprint density at radius 1 is 0.273 bits per heavy atom. The zero-order chi connectivity index (χ0) is 43.8. The van der Waals surface area contributed by atoms with Crippen LogP contribution in [-0.2, 0) is 0 Å². The first-order valence-corrected chi connectivity index (χ1v) is 22.7. The fourth-order valence-electron chi connectivity index (χ4n) is 9.75. The zero-order valence-electron chi connectivity index (χ0n) is 36.3. The molecule has 12 aromatic rings. The summed E-state index contributed by atoms with van der Waals surface area (Å²) in [7, 11) is 0. The molecule has 0 unspecified atom stereocenters. The van der Waals surface area contributed by atoms with Crippen molar-refractivity contribution in [3.05, 3.63) is 267 Å². The molecule has 1 aromatic heterocycles. The smallest absolute Gasteiger partial charge is 0.0619 e. The maximum atomic E-state index is 2.44. The normalized spacial score (nSPS) is 11.3. The van der Waals surface area contributed by atoms with Crippen LogP contribution in [0.3, 0.4) is 0 Å². The molecule has 0 spiro atoms. The largest absolute Gasteiger partial charge is 0.310 e. The van der Waals surface area contributed by atoms with Gasteiger partial charge in [0.25, 0.3) is 0 Å². The van der Waals surface area contributed by atoms with Gasteiger partial charge in [0.2, 0.25) is 0 Å². The quantitative estimate of drug-likeness (QED) is 0.141. The highest BCUT2D eigenvalue weighted by molar-refractivity contribution is 6.22. The number of hydrogen-bond acceptors (Lipinski definition) is 1. The SMILES string of the molecule is c1ccc(-c2ccc(-c3ccc(N(c4ccc(-c5ccc(-c6ccccc6)cc5)cc4)c4cccc(-c5cccc6c5c5ccc7ccccc7c5n6-c5ccccc5)c4)cc3)cc2)cc1. The summed E-state index contributed by atoms with van der Waals surface area (Å²) in [6.07, 6.45) is 0. The third kappa shape index (κ3) is 7.12. The third-order valence-electron chi connectivity index (χ3n) is 13.0. The van der Waals surface area contributed by atoms with E-state index in [1.165, 1.54) is 82.6 Å². The zero-order valence-corrected chi connectivity index (χ0v) is 36.3.